The molecule has 0 bridgehead atoms. The van der Waals surface area contributed by atoms with Gasteiger partial charge in [0.2, 0.25) is 5.28 Å². The minimum atomic E-state index is -5.16. The van der Waals surface area contributed by atoms with Gasteiger partial charge in [0.25, 0.3) is 5.56 Å². The molecule has 3 aliphatic heterocycles. The minimum Gasteiger partial charge on any atom is -0.444 e. The number of carbonyl (C=O) groups excluding carboxylic acids is 2. The lowest BCUT2D eigenvalue weighted by molar-refractivity contribution is -0.157. The number of carbonyl (C=O) groups is 2. The van der Waals surface area contributed by atoms with Gasteiger partial charge >= 0.3 is 27.6 Å². The number of ether oxygens (including phenoxy) is 4. The number of anilines is 1. The zero-order valence-electron chi connectivity index (χ0n) is 32.7. The molecule has 60 heavy (non-hydrogen) atoms. The first-order chi connectivity index (χ1) is 28.0. The summed E-state index contributed by atoms with van der Waals surface area (Å²) in [4.78, 5) is 80.0. The van der Waals surface area contributed by atoms with E-state index in [1.165, 1.54) is 10.9 Å². The lowest BCUT2D eigenvalue weighted by Gasteiger charge is -2.27. The zero-order valence-corrected chi connectivity index (χ0v) is 35.3. The van der Waals surface area contributed by atoms with Crippen LogP contribution in [0.3, 0.4) is 0 Å². The Morgan fingerprint density at radius 2 is 1.50 bits per heavy atom. The van der Waals surface area contributed by atoms with Gasteiger partial charge in [-0.05, 0) is 53.1 Å². The lowest BCUT2D eigenvalue weighted by atomic mass is 9.97. The van der Waals surface area contributed by atoms with Crippen molar-refractivity contribution in [2.45, 2.75) is 97.7 Å². The van der Waals surface area contributed by atoms with Crippen molar-refractivity contribution in [3.05, 3.63) is 34.6 Å². The average Bonchev–Trinajstić information content (AvgIpc) is 3.93. The summed E-state index contributed by atoms with van der Waals surface area (Å²) in [6.07, 6.45) is -8.06. The van der Waals surface area contributed by atoms with Crippen LogP contribution in [0.4, 0.5) is 10.2 Å². The molecule has 0 amide bonds. The van der Waals surface area contributed by atoms with Crippen LogP contribution in [0.15, 0.2) is 23.8 Å². The van der Waals surface area contributed by atoms with Crippen molar-refractivity contribution in [3.8, 4) is 0 Å². The minimum absolute atomic E-state index is 0.110. The SMILES string of the molecule is CC(C)(C)C(=O)OCNc1nc(Cl)nc2c1ncn2[C@H]1C[C@@H]2OP(=O)(O)OC[C@H]3O[C@@H](n4cnc5c(=O)n(COC(=O)C(C)(C)C)cnc54)[C@H](F)[C@@H]3OP(=O)(O)OC[C@H]2O1. The molecule has 0 saturated carbocycles. The summed E-state index contributed by atoms with van der Waals surface area (Å²) in [7, 11) is -10.2. The van der Waals surface area contributed by atoms with Crippen molar-refractivity contribution in [1.29, 1.82) is 0 Å². The number of alkyl halides is 1. The van der Waals surface area contributed by atoms with Crippen LogP contribution in [0, 0.1) is 10.8 Å². The van der Waals surface area contributed by atoms with Crippen molar-refractivity contribution in [1.82, 2.24) is 38.6 Å². The van der Waals surface area contributed by atoms with Crippen LogP contribution < -0.4 is 10.9 Å². The smallest absolute Gasteiger partial charge is 0.444 e. The molecule has 7 rings (SSSR count). The second kappa shape index (κ2) is 16.4. The average molecular weight is 908 g/mol. The Balaban J connectivity index is 1.07. The fourth-order valence-electron chi connectivity index (χ4n) is 6.21. The van der Waals surface area contributed by atoms with Crippen molar-refractivity contribution in [3.63, 3.8) is 0 Å². The highest BCUT2D eigenvalue weighted by molar-refractivity contribution is 7.47. The maximum Gasteiger partial charge on any atom is 0.472 e. The van der Waals surface area contributed by atoms with Crippen molar-refractivity contribution >= 4 is 67.3 Å². The molecule has 4 aromatic rings. The highest BCUT2D eigenvalue weighted by Gasteiger charge is 2.53. The molecule has 328 valence electrons. The quantitative estimate of drug-likeness (QED) is 0.104. The van der Waals surface area contributed by atoms with E-state index in [2.05, 4.69) is 30.2 Å². The summed E-state index contributed by atoms with van der Waals surface area (Å²) in [5.74, 6) is -0.948. The maximum absolute atomic E-state index is 16.3. The Hall–Kier alpha value is -4.00. The summed E-state index contributed by atoms with van der Waals surface area (Å²) in [5.41, 5.74) is -2.46. The predicted molar refractivity (Wildman–Crippen MR) is 200 cm³/mol. The number of fused-ring (bicyclic) bond motifs is 4. The van der Waals surface area contributed by atoms with Gasteiger partial charge in [-0.1, -0.05) is 0 Å². The maximum atomic E-state index is 16.3. The van der Waals surface area contributed by atoms with E-state index in [9.17, 15) is 33.3 Å². The van der Waals surface area contributed by atoms with Gasteiger partial charge in [0, 0.05) is 6.42 Å². The Bertz CT molecular complexity index is 2460. The third-order valence-corrected chi connectivity index (χ3v) is 11.5. The van der Waals surface area contributed by atoms with Gasteiger partial charge in [-0.3, -0.25) is 46.2 Å². The van der Waals surface area contributed by atoms with Crippen LogP contribution in [0.5, 0.6) is 0 Å². The molecule has 3 aliphatic rings. The van der Waals surface area contributed by atoms with Crippen LogP contribution in [-0.4, -0.2) is 111 Å². The largest absolute Gasteiger partial charge is 0.472 e. The second-order valence-electron chi connectivity index (χ2n) is 15.9. The number of nitrogens with one attached hydrogen (secondary N) is 1. The monoisotopic (exact) mass is 907 g/mol. The number of imidazole rings is 2. The molecule has 28 heteroatoms. The molecular formula is C32H41ClFN9O15P2. The number of nitrogens with zero attached hydrogens (tertiary/aromatic N) is 8. The van der Waals surface area contributed by atoms with Crippen molar-refractivity contribution in [2.24, 2.45) is 10.8 Å². The zero-order chi connectivity index (χ0) is 43.5. The number of halogens is 2. The van der Waals surface area contributed by atoms with Gasteiger partial charge in [-0.15, -0.1) is 0 Å². The molecule has 9 atom stereocenters. The fourth-order valence-corrected chi connectivity index (χ4v) is 8.29. The summed E-state index contributed by atoms with van der Waals surface area (Å²) < 4.78 is 89.8. The molecule has 2 unspecified atom stereocenters. The van der Waals surface area contributed by atoms with E-state index in [4.69, 9.17) is 48.6 Å². The van der Waals surface area contributed by atoms with Crippen LogP contribution in [0.2, 0.25) is 5.28 Å². The number of phosphoric acid groups is 2. The van der Waals surface area contributed by atoms with Crippen LogP contribution in [-0.2, 0) is 62.5 Å². The highest BCUT2D eigenvalue weighted by atomic mass is 35.5. The lowest BCUT2D eigenvalue weighted by Crippen LogP contribution is -2.35. The van der Waals surface area contributed by atoms with Gasteiger partial charge in [0.15, 0.2) is 54.0 Å². The van der Waals surface area contributed by atoms with E-state index in [-0.39, 0.29) is 46.6 Å². The van der Waals surface area contributed by atoms with Crippen molar-refractivity contribution in [2.75, 3.05) is 25.3 Å². The summed E-state index contributed by atoms with van der Waals surface area (Å²) in [6, 6.07) is 0. The molecule has 0 aliphatic carbocycles. The van der Waals surface area contributed by atoms with E-state index in [1.807, 2.05) is 0 Å². The normalized spacial score (nSPS) is 30.3. The Kier molecular flexibility index (Phi) is 12.0. The van der Waals surface area contributed by atoms with Gasteiger partial charge in [-0.25, -0.2) is 28.5 Å². The Morgan fingerprint density at radius 1 is 0.867 bits per heavy atom. The number of aromatic nitrogens is 8. The molecule has 3 saturated heterocycles. The summed E-state index contributed by atoms with van der Waals surface area (Å²) in [6.45, 7) is 7.55. The number of hydrogen-bond donors (Lipinski definition) is 3. The van der Waals surface area contributed by atoms with Crippen LogP contribution in [0.25, 0.3) is 22.3 Å². The van der Waals surface area contributed by atoms with E-state index >= 15 is 4.39 Å². The van der Waals surface area contributed by atoms with Gasteiger partial charge < -0.3 is 34.1 Å². The molecule has 3 N–H and O–H groups in total. The Labute approximate surface area is 343 Å². The fraction of sp³-hybridized carbons (Fsp3) is 0.625. The molecule has 0 aromatic carbocycles. The highest BCUT2D eigenvalue weighted by Crippen LogP contribution is 2.54. The molecule has 0 spiro atoms. The topological polar surface area (TPSA) is 291 Å². The van der Waals surface area contributed by atoms with Gasteiger partial charge in [0.1, 0.15) is 37.0 Å². The van der Waals surface area contributed by atoms with E-state index in [1.54, 1.807) is 41.5 Å². The first-order valence-corrected chi connectivity index (χ1v) is 21.5. The number of phosphoric ester groups is 2. The van der Waals surface area contributed by atoms with Gasteiger partial charge in [-0.2, -0.15) is 9.97 Å². The first-order valence-electron chi connectivity index (χ1n) is 18.2. The van der Waals surface area contributed by atoms with Gasteiger partial charge in [0.05, 0.1) is 36.7 Å². The van der Waals surface area contributed by atoms with E-state index in [0.717, 1.165) is 21.8 Å². The number of rotatable bonds is 7. The molecule has 24 nitrogen and oxygen atoms in total. The van der Waals surface area contributed by atoms with E-state index in [0.29, 0.717) is 0 Å². The molecule has 7 heterocycles. The molecule has 0 radical (unpaired) electrons. The van der Waals surface area contributed by atoms with Crippen molar-refractivity contribution < 1.29 is 69.9 Å². The standard InChI is InChI=1S/C32H41ClFN9O15P2/c1-31(2,3)28(45)51-13-38-23-20-25(40-30(33)39-23)42(11-35-20)18-7-15-16(55-18)8-53-60(49,50)58-22-17(9-54-59(47,48)57-15)56-27(19(22)34)43-12-36-21-24(43)37-10-41(26(21)44)14-52-29(46)32(4,5)6/h10-12,15-19,22,27H,7-9,13-14H2,1-6H3,(H,47,48)(H,49,50)(H,38,39,40)/t15-,16+,17+,18+,19+,22+,27+/m0/s1. The first kappa shape index (κ1) is 44.1. The molecule has 4 aromatic heterocycles. The molecule has 3 fully saturated rings. The second-order valence-corrected chi connectivity index (χ2v) is 19.1. The third-order valence-electron chi connectivity index (χ3n) is 9.31. The summed E-state index contributed by atoms with van der Waals surface area (Å²) >= 11 is 6.20. The molecular weight excluding hydrogens is 867 g/mol. The number of hydrogen-bond acceptors (Lipinski definition) is 19. The van der Waals surface area contributed by atoms with E-state index < -0.39 is 107 Å². The van der Waals surface area contributed by atoms with Crippen LogP contribution in [0.1, 0.15) is 60.4 Å². The van der Waals surface area contributed by atoms with Crippen LogP contribution >= 0.6 is 27.2 Å². The summed E-state index contributed by atoms with van der Waals surface area (Å²) in [5, 5.41) is 2.61. The third kappa shape index (κ3) is 9.26. The predicted octanol–water partition coefficient (Wildman–Crippen LogP) is 3.13. The Morgan fingerprint density at radius 3 is 2.20 bits per heavy atom. The number of esters is 2.